The third-order valence-corrected chi connectivity index (χ3v) is 6.97. The summed E-state index contributed by atoms with van der Waals surface area (Å²) in [5, 5.41) is 3.23. The molecule has 6 nitrogen and oxygen atoms in total. The van der Waals surface area contributed by atoms with E-state index in [0.717, 1.165) is 55.3 Å². The van der Waals surface area contributed by atoms with Gasteiger partial charge in [0, 0.05) is 50.5 Å². The predicted molar refractivity (Wildman–Crippen MR) is 137 cm³/mol. The van der Waals surface area contributed by atoms with Gasteiger partial charge in [-0.3, -0.25) is 9.69 Å². The van der Waals surface area contributed by atoms with Crippen LogP contribution in [0.5, 0.6) is 5.75 Å². The van der Waals surface area contributed by atoms with Crippen LogP contribution in [0.15, 0.2) is 78.9 Å². The van der Waals surface area contributed by atoms with E-state index in [0.29, 0.717) is 6.04 Å². The first-order valence-electron chi connectivity index (χ1n) is 12.0. The van der Waals surface area contributed by atoms with Crippen LogP contribution in [0.1, 0.15) is 29.0 Å². The van der Waals surface area contributed by atoms with Crippen molar-refractivity contribution in [3.05, 3.63) is 90.0 Å². The van der Waals surface area contributed by atoms with Gasteiger partial charge in [0.2, 0.25) is 0 Å². The number of fused-ring (bicyclic) bond motifs is 1. The van der Waals surface area contributed by atoms with E-state index in [1.54, 1.807) is 7.11 Å². The van der Waals surface area contributed by atoms with Crippen LogP contribution in [-0.2, 0) is 0 Å². The molecule has 1 N–H and O–H groups in total. The van der Waals surface area contributed by atoms with Crippen LogP contribution in [0, 0.1) is 0 Å². The van der Waals surface area contributed by atoms with Crippen LogP contribution in [0.4, 0.5) is 11.4 Å². The number of para-hydroxylation sites is 1. The summed E-state index contributed by atoms with van der Waals surface area (Å²) < 4.78 is 5.40. The summed E-state index contributed by atoms with van der Waals surface area (Å²) >= 11 is 0. The van der Waals surface area contributed by atoms with Gasteiger partial charge >= 0.3 is 0 Å². The molecule has 5 rings (SSSR count). The third kappa shape index (κ3) is 4.46. The number of nitrogens with one attached hydrogen (secondary N) is 1. The summed E-state index contributed by atoms with van der Waals surface area (Å²) in [6, 6.07) is 26.8. The lowest BCUT2D eigenvalue weighted by Gasteiger charge is -2.44. The van der Waals surface area contributed by atoms with Gasteiger partial charge in [-0.25, -0.2) is 0 Å². The van der Waals surface area contributed by atoms with E-state index in [4.69, 9.17) is 4.74 Å². The molecule has 34 heavy (non-hydrogen) atoms. The van der Waals surface area contributed by atoms with Gasteiger partial charge in [-0.2, -0.15) is 0 Å². The van der Waals surface area contributed by atoms with Crippen LogP contribution in [-0.4, -0.2) is 56.7 Å². The highest BCUT2D eigenvalue weighted by molar-refractivity contribution is 6.02. The van der Waals surface area contributed by atoms with Crippen molar-refractivity contribution in [2.75, 3.05) is 49.6 Å². The molecule has 2 atom stereocenters. The zero-order valence-corrected chi connectivity index (χ0v) is 19.9. The number of nitrogens with zero attached hydrogens (tertiary/aromatic N) is 3. The number of ether oxygens (including phenoxy) is 1. The second-order valence-electron chi connectivity index (χ2n) is 9.03. The van der Waals surface area contributed by atoms with Crippen LogP contribution >= 0.6 is 0 Å². The first kappa shape index (κ1) is 22.3. The van der Waals surface area contributed by atoms with E-state index in [2.05, 4.69) is 63.3 Å². The molecule has 1 saturated heterocycles. The van der Waals surface area contributed by atoms with E-state index in [-0.39, 0.29) is 12.1 Å². The lowest BCUT2D eigenvalue weighted by Crippen LogP contribution is -2.55. The molecule has 0 bridgehead atoms. The van der Waals surface area contributed by atoms with Crippen molar-refractivity contribution in [3.8, 4) is 5.75 Å². The van der Waals surface area contributed by atoms with E-state index in [1.807, 2.05) is 42.5 Å². The Kier molecular flexibility index (Phi) is 6.41. The molecule has 0 radical (unpaired) electrons. The van der Waals surface area contributed by atoms with Gasteiger partial charge in [-0.05, 0) is 36.8 Å². The minimum Gasteiger partial charge on any atom is -0.497 e. The van der Waals surface area contributed by atoms with Crippen molar-refractivity contribution in [1.82, 2.24) is 10.2 Å². The largest absolute Gasteiger partial charge is 0.497 e. The quantitative estimate of drug-likeness (QED) is 0.604. The molecule has 0 saturated carbocycles. The van der Waals surface area contributed by atoms with Gasteiger partial charge in [0.05, 0.1) is 18.4 Å². The first-order chi connectivity index (χ1) is 16.6. The van der Waals surface area contributed by atoms with Crippen molar-refractivity contribution in [3.63, 3.8) is 0 Å². The standard InChI is InChI=1S/C28H32N4O2/c1-21(30-15-17-31(18-16-30)23-11-8-12-24(19-23)34-2)20-32-26-14-7-6-13-25(26)28(33)29-27(32)22-9-4-3-5-10-22/h3-14,19,21,27H,15-18,20H2,1-2H3,(H,29,33). The second-order valence-corrected chi connectivity index (χ2v) is 9.03. The fraction of sp³-hybridized carbons (Fsp3) is 0.321. The maximum absolute atomic E-state index is 12.9. The number of amides is 1. The molecule has 6 heteroatoms. The van der Waals surface area contributed by atoms with Crippen LogP contribution in [0.25, 0.3) is 0 Å². The smallest absolute Gasteiger partial charge is 0.255 e. The molecular weight excluding hydrogens is 424 g/mol. The van der Waals surface area contributed by atoms with Crippen molar-refractivity contribution in [1.29, 1.82) is 0 Å². The summed E-state index contributed by atoms with van der Waals surface area (Å²) in [6.45, 7) is 7.07. The van der Waals surface area contributed by atoms with Gasteiger partial charge in [0.1, 0.15) is 11.9 Å². The number of carbonyl (C=O) groups is 1. The summed E-state index contributed by atoms with van der Waals surface area (Å²) in [6.07, 6.45) is -0.177. The van der Waals surface area contributed by atoms with Gasteiger partial charge in [-0.15, -0.1) is 0 Å². The van der Waals surface area contributed by atoms with Crippen LogP contribution in [0.2, 0.25) is 0 Å². The Hall–Kier alpha value is -3.51. The predicted octanol–water partition coefficient (Wildman–Crippen LogP) is 4.15. The second kappa shape index (κ2) is 9.77. The minimum absolute atomic E-state index is 0.0136. The van der Waals surface area contributed by atoms with Crippen molar-refractivity contribution >= 4 is 17.3 Å². The SMILES string of the molecule is COc1cccc(N2CCN(C(C)CN3c4ccccc4C(=O)NC3c3ccccc3)CC2)c1. The molecule has 176 valence electrons. The number of hydrogen-bond acceptors (Lipinski definition) is 5. The third-order valence-electron chi connectivity index (χ3n) is 6.97. The number of benzene rings is 3. The maximum Gasteiger partial charge on any atom is 0.255 e. The summed E-state index contributed by atoms with van der Waals surface area (Å²) in [7, 11) is 1.71. The Bertz CT molecular complexity index is 1130. The average Bonchev–Trinajstić information content (AvgIpc) is 2.90. The molecule has 0 spiro atoms. The summed E-state index contributed by atoms with van der Waals surface area (Å²) in [4.78, 5) is 20.2. The summed E-state index contributed by atoms with van der Waals surface area (Å²) in [5.74, 6) is 0.881. The van der Waals surface area contributed by atoms with Crippen molar-refractivity contribution in [2.45, 2.75) is 19.1 Å². The van der Waals surface area contributed by atoms with E-state index in [9.17, 15) is 4.79 Å². The van der Waals surface area contributed by atoms with Gasteiger partial charge in [0.15, 0.2) is 0 Å². The molecule has 1 amide bonds. The first-order valence-corrected chi connectivity index (χ1v) is 12.0. The molecule has 3 aromatic rings. The van der Waals surface area contributed by atoms with Gasteiger partial charge in [-0.1, -0.05) is 48.5 Å². The van der Waals surface area contributed by atoms with E-state index >= 15 is 0 Å². The molecule has 2 aliphatic rings. The fourth-order valence-corrected chi connectivity index (χ4v) is 5.07. The highest BCUT2D eigenvalue weighted by Gasteiger charge is 2.33. The number of methoxy groups -OCH3 is 1. The Morgan fingerprint density at radius 2 is 1.68 bits per heavy atom. The van der Waals surface area contributed by atoms with Crippen molar-refractivity contribution in [2.24, 2.45) is 0 Å². The number of piperazine rings is 1. The Labute approximate surface area is 201 Å². The highest BCUT2D eigenvalue weighted by Crippen LogP contribution is 2.33. The molecule has 0 aromatic heterocycles. The van der Waals surface area contributed by atoms with Crippen LogP contribution in [0.3, 0.4) is 0 Å². The molecule has 2 heterocycles. The maximum atomic E-state index is 12.9. The molecule has 2 aliphatic heterocycles. The number of anilines is 2. The van der Waals surface area contributed by atoms with Gasteiger partial charge in [0.25, 0.3) is 5.91 Å². The highest BCUT2D eigenvalue weighted by atomic mass is 16.5. The number of carbonyl (C=O) groups excluding carboxylic acids is 1. The lowest BCUT2D eigenvalue weighted by atomic mass is 10.0. The van der Waals surface area contributed by atoms with Gasteiger partial charge < -0.3 is 19.9 Å². The zero-order chi connectivity index (χ0) is 23.5. The fourth-order valence-electron chi connectivity index (χ4n) is 5.07. The number of rotatable bonds is 6. The Morgan fingerprint density at radius 3 is 2.44 bits per heavy atom. The summed E-state index contributed by atoms with van der Waals surface area (Å²) in [5.41, 5.74) is 4.05. The molecule has 3 aromatic carbocycles. The number of hydrogen-bond donors (Lipinski definition) is 1. The molecular formula is C28H32N4O2. The van der Waals surface area contributed by atoms with Crippen molar-refractivity contribution < 1.29 is 9.53 Å². The van der Waals surface area contributed by atoms with E-state index < -0.39 is 0 Å². The van der Waals surface area contributed by atoms with E-state index in [1.165, 1.54) is 5.69 Å². The van der Waals surface area contributed by atoms with Crippen LogP contribution < -0.4 is 19.9 Å². The lowest BCUT2D eigenvalue weighted by molar-refractivity contribution is 0.0923. The topological polar surface area (TPSA) is 48.1 Å². The Balaban J connectivity index is 1.32. The Morgan fingerprint density at radius 1 is 0.941 bits per heavy atom. The minimum atomic E-state index is -0.177. The average molecular weight is 457 g/mol. The molecule has 2 unspecified atom stereocenters. The monoisotopic (exact) mass is 456 g/mol. The molecule has 1 fully saturated rings. The normalized spacial score (nSPS) is 19.4. The zero-order valence-electron chi connectivity index (χ0n) is 19.9. The molecule has 0 aliphatic carbocycles.